The van der Waals surface area contributed by atoms with Crippen LogP contribution in [-0.4, -0.2) is 28.9 Å². The Labute approximate surface area is 173 Å². The van der Waals surface area contributed by atoms with Crippen molar-refractivity contribution in [2.24, 2.45) is 0 Å². The number of ether oxygens (including phenoxy) is 1. The highest BCUT2D eigenvalue weighted by atomic mass is 19.1. The van der Waals surface area contributed by atoms with Crippen molar-refractivity contribution in [3.8, 4) is 5.75 Å². The van der Waals surface area contributed by atoms with Gasteiger partial charge in [0.15, 0.2) is 18.2 Å². The van der Waals surface area contributed by atoms with Crippen LogP contribution < -0.4 is 4.74 Å². The first-order chi connectivity index (χ1) is 14.6. The molecule has 0 saturated carbocycles. The maximum absolute atomic E-state index is 13.7. The SMILES string of the molecule is O=C(COc1ccccc1F)N1CCCC[C@H]1c1ncc(Cc2ccc(F)cc2)o1. The number of oxazole rings is 1. The van der Waals surface area contributed by atoms with E-state index in [1.165, 1.54) is 24.3 Å². The number of para-hydroxylation sites is 1. The molecule has 1 aliphatic heterocycles. The fourth-order valence-electron chi connectivity index (χ4n) is 3.63. The van der Waals surface area contributed by atoms with Gasteiger partial charge in [-0.3, -0.25) is 4.79 Å². The summed E-state index contributed by atoms with van der Waals surface area (Å²) in [4.78, 5) is 18.8. The largest absolute Gasteiger partial charge is 0.481 e. The molecule has 0 aliphatic carbocycles. The molecule has 3 aromatic rings. The molecule has 1 fully saturated rings. The van der Waals surface area contributed by atoms with E-state index >= 15 is 0 Å². The number of benzene rings is 2. The number of nitrogens with zero attached hydrogens (tertiary/aromatic N) is 2. The van der Waals surface area contributed by atoms with E-state index in [2.05, 4.69) is 4.98 Å². The number of halogens is 2. The highest BCUT2D eigenvalue weighted by Gasteiger charge is 2.31. The van der Waals surface area contributed by atoms with Crippen molar-refractivity contribution in [1.82, 2.24) is 9.88 Å². The van der Waals surface area contributed by atoms with E-state index < -0.39 is 5.82 Å². The summed E-state index contributed by atoms with van der Waals surface area (Å²) >= 11 is 0. The summed E-state index contributed by atoms with van der Waals surface area (Å²) in [6.07, 6.45) is 4.71. The van der Waals surface area contributed by atoms with Gasteiger partial charge in [-0.15, -0.1) is 0 Å². The molecule has 5 nitrogen and oxygen atoms in total. The molecule has 0 bridgehead atoms. The van der Waals surface area contributed by atoms with E-state index in [0.29, 0.717) is 24.6 Å². The van der Waals surface area contributed by atoms with Crippen molar-refractivity contribution in [3.63, 3.8) is 0 Å². The number of piperidine rings is 1. The third-order valence-electron chi connectivity index (χ3n) is 5.16. The summed E-state index contributed by atoms with van der Waals surface area (Å²) in [7, 11) is 0. The number of amides is 1. The monoisotopic (exact) mass is 412 g/mol. The molecule has 1 amide bonds. The van der Waals surface area contributed by atoms with Gasteiger partial charge in [-0.25, -0.2) is 13.8 Å². The molecule has 0 radical (unpaired) electrons. The molecular weight excluding hydrogens is 390 g/mol. The zero-order valence-corrected chi connectivity index (χ0v) is 16.4. The molecule has 7 heteroatoms. The minimum Gasteiger partial charge on any atom is -0.481 e. The lowest BCUT2D eigenvalue weighted by Gasteiger charge is -2.33. The molecule has 2 heterocycles. The standard InChI is InChI=1S/C23H22F2N2O3/c24-17-10-8-16(9-11-17)13-18-14-26-23(30-18)20-6-3-4-12-27(20)22(28)15-29-21-7-2-1-5-19(21)25/h1-2,5,7-11,14,20H,3-4,6,12-13,15H2/t20-/m0/s1. The normalized spacial score (nSPS) is 16.5. The van der Waals surface area contributed by atoms with Gasteiger partial charge < -0.3 is 14.1 Å². The molecule has 156 valence electrons. The Bertz CT molecular complexity index is 1000. The summed E-state index contributed by atoms with van der Waals surface area (Å²) < 4.78 is 38.1. The number of hydrogen-bond donors (Lipinski definition) is 0. The number of carbonyl (C=O) groups excluding carboxylic acids is 1. The van der Waals surface area contributed by atoms with Gasteiger partial charge in [-0.2, -0.15) is 0 Å². The smallest absolute Gasteiger partial charge is 0.261 e. The maximum Gasteiger partial charge on any atom is 0.261 e. The molecule has 1 aromatic heterocycles. The van der Waals surface area contributed by atoms with E-state index in [0.717, 1.165) is 24.8 Å². The van der Waals surface area contributed by atoms with E-state index in [9.17, 15) is 13.6 Å². The third kappa shape index (κ3) is 4.67. The molecular formula is C23H22F2N2O3. The van der Waals surface area contributed by atoms with E-state index in [-0.39, 0.29) is 30.1 Å². The maximum atomic E-state index is 13.7. The lowest BCUT2D eigenvalue weighted by atomic mass is 10.0. The fraction of sp³-hybridized carbons (Fsp3) is 0.304. The summed E-state index contributed by atoms with van der Waals surface area (Å²) in [6.45, 7) is 0.320. The highest BCUT2D eigenvalue weighted by Crippen LogP contribution is 2.31. The Kier molecular flexibility index (Phi) is 6.07. The summed E-state index contributed by atoms with van der Waals surface area (Å²) in [5.74, 6) is 0.159. The van der Waals surface area contributed by atoms with Crippen molar-refractivity contribution in [2.45, 2.75) is 31.7 Å². The molecule has 0 spiro atoms. The molecule has 1 saturated heterocycles. The van der Waals surface area contributed by atoms with Gasteiger partial charge in [0.2, 0.25) is 5.89 Å². The van der Waals surface area contributed by atoms with Gasteiger partial charge in [0, 0.05) is 13.0 Å². The molecule has 2 aromatic carbocycles. The van der Waals surface area contributed by atoms with Gasteiger partial charge in [-0.1, -0.05) is 24.3 Å². The van der Waals surface area contributed by atoms with Crippen molar-refractivity contribution in [3.05, 3.63) is 83.6 Å². The van der Waals surface area contributed by atoms with E-state index in [1.54, 1.807) is 35.4 Å². The molecule has 0 N–H and O–H groups in total. The van der Waals surface area contributed by atoms with Gasteiger partial charge in [0.25, 0.3) is 5.91 Å². The minimum absolute atomic E-state index is 0.0529. The van der Waals surface area contributed by atoms with Crippen LogP contribution in [0.2, 0.25) is 0 Å². The van der Waals surface area contributed by atoms with Crippen LogP contribution in [-0.2, 0) is 11.2 Å². The summed E-state index contributed by atoms with van der Waals surface area (Å²) in [5.41, 5.74) is 0.911. The molecule has 1 atom stereocenters. The first-order valence-electron chi connectivity index (χ1n) is 9.96. The van der Waals surface area contributed by atoms with Crippen molar-refractivity contribution >= 4 is 5.91 Å². The second-order valence-electron chi connectivity index (χ2n) is 7.29. The first-order valence-corrected chi connectivity index (χ1v) is 9.96. The van der Waals surface area contributed by atoms with Crippen molar-refractivity contribution in [2.75, 3.05) is 13.2 Å². The van der Waals surface area contributed by atoms with Crippen LogP contribution in [0.1, 0.15) is 42.5 Å². The zero-order chi connectivity index (χ0) is 20.9. The predicted octanol–water partition coefficient (Wildman–Crippen LogP) is 4.68. The average Bonchev–Trinajstić information content (AvgIpc) is 3.23. The lowest BCUT2D eigenvalue weighted by molar-refractivity contribution is -0.137. The number of rotatable bonds is 6. The number of carbonyl (C=O) groups is 1. The average molecular weight is 412 g/mol. The second-order valence-corrected chi connectivity index (χ2v) is 7.29. The Hall–Kier alpha value is -3.22. The highest BCUT2D eigenvalue weighted by molar-refractivity contribution is 5.78. The summed E-state index contributed by atoms with van der Waals surface area (Å²) in [5, 5.41) is 0. The molecule has 0 unspecified atom stereocenters. The predicted molar refractivity (Wildman–Crippen MR) is 106 cm³/mol. The Morgan fingerprint density at radius 1 is 1.13 bits per heavy atom. The number of hydrogen-bond acceptors (Lipinski definition) is 4. The van der Waals surface area contributed by atoms with Gasteiger partial charge in [0.05, 0.1) is 6.20 Å². The van der Waals surface area contributed by atoms with E-state index in [4.69, 9.17) is 9.15 Å². The third-order valence-corrected chi connectivity index (χ3v) is 5.16. The van der Waals surface area contributed by atoms with E-state index in [1.807, 2.05) is 0 Å². The van der Waals surface area contributed by atoms with Crippen LogP contribution in [0, 0.1) is 11.6 Å². The summed E-state index contributed by atoms with van der Waals surface area (Å²) in [6, 6.07) is 11.9. The van der Waals surface area contributed by atoms with Crippen molar-refractivity contribution in [1.29, 1.82) is 0 Å². The Balaban J connectivity index is 1.43. The minimum atomic E-state index is -0.501. The number of aromatic nitrogens is 1. The van der Waals surface area contributed by atoms with Gasteiger partial charge in [-0.05, 0) is 49.1 Å². The van der Waals surface area contributed by atoms with Crippen LogP contribution in [0.25, 0.3) is 0 Å². The first kappa shape index (κ1) is 20.1. The second kappa shape index (κ2) is 9.07. The zero-order valence-electron chi connectivity index (χ0n) is 16.4. The van der Waals surface area contributed by atoms with Crippen LogP contribution in [0.15, 0.2) is 59.1 Å². The van der Waals surface area contributed by atoms with Crippen LogP contribution in [0.4, 0.5) is 8.78 Å². The fourth-order valence-corrected chi connectivity index (χ4v) is 3.63. The quantitative estimate of drug-likeness (QED) is 0.590. The van der Waals surface area contributed by atoms with Crippen LogP contribution in [0.5, 0.6) is 5.75 Å². The lowest BCUT2D eigenvalue weighted by Crippen LogP contribution is -2.41. The topological polar surface area (TPSA) is 55.6 Å². The van der Waals surface area contributed by atoms with Gasteiger partial charge >= 0.3 is 0 Å². The number of likely N-dealkylation sites (tertiary alicyclic amines) is 1. The van der Waals surface area contributed by atoms with Crippen LogP contribution in [0.3, 0.4) is 0 Å². The van der Waals surface area contributed by atoms with Gasteiger partial charge in [0.1, 0.15) is 17.6 Å². The molecule has 4 rings (SSSR count). The van der Waals surface area contributed by atoms with Crippen LogP contribution >= 0.6 is 0 Å². The molecule has 30 heavy (non-hydrogen) atoms. The van der Waals surface area contributed by atoms with Crippen molar-refractivity contribution < 1.29 is 22.7 Å². The Morgan fingerprint density at radius 2 is 1.93 bits per heavy atom. The Morgan fingerprint density at radius 3 is 2.73 bits per heavy atom. The molecule has 1 aliphatic rings.